The summed E-state index contributed by atoms with van der Waals surface area (Å²) in [5.74, 6) is 0. The lowest BCUT2D eigenvalue weighted by molar-refractivity contribution is -0.0672. The number of ether oxygens (including phenoxy) is 1. The van der Waals surface area contributed by atoms with Gasteiger partial charge < -0.3 is 15.4 Å². The predicted molar refractivity (Wildman–Crippen MR) is 79.9 cm³/mol. The molecule has 0 radical (unpaired) electrons. The van der Waals surface area contributed by atoms with Crippen LogP contribution in [0.25, 0.3) is 0 Å². The lowest BCUT2D eigenvalue weighted by Gasteiger charge is -2.35. The fourth-order valence-corrected chi connectivity index (χ4v) is 2.49. The lowest BCUT2D eigenvalue weighted by atomic mass is 10.2. The zero-order chi connectivity index (χ0) is 14.4. The number of amides is 2. The Morgan fingerprint density at radius 1 is 1.25 bits per heavy atom. The molecule has 5 nitrogen and oxygen atoms in total. The van der Waals surface area contributed by atoms with Crippen LogP contribution in [0, 0.1) is 0 Å². The number of anilines is 1. The quantitative estimate of drug-likeness (QED) is 0.884. The van der Waals surface area contributed by atoms with Gasteiger partial charge in [-0.25, -0.2) is 4.79 Å². The number of hydrogen-bond acceptors (Lipinski definition) is 3. The van der Waals surface area contributed by atoms with E-state index in [-0.39, 0.29) is 18.2 Å². The van der Waals surface area contributed by atoms with E-state index in [9.17, 15) is 4.79 Å². The van der Waals surface area contributed by atoms with Crippen molar-refractivity contribution in [1.82, 2.24) is 10.2 Å². The van der Waals surface area contributed by atoms with E-state index in [4.69, 9.17) is 4.74 Å². The van der Waals surface area contributed by atoms with Gasteiger partial charge in [-0.3, -0.25) is 4.90 Å². The summed E-state index contributed by atoms with van der Waals surface area (Å²) in [4.78, 5) is 14.0. The number of rotatable bonds is 4. The molecule has 110 valence electrons. The first-order valence-corrected chi connectivity index (χ1v) is 7.11. The molecule has 2 amide bonds. The normalized spacial score (nSPS) is 23.3. The molecule has 2 atom stereocenters. The second kappa shape index (κ2) is 7.26. The van der Waals surface area contributed by atoms with Crippen molar-refractivity contribution in [3.8, 4) is 0 Å². The summed E-state index contributed by atoms with van der Waals surface area (Å²) < 4.78 is 5.68. The van der Waals surface area contributed by atoms with Crippen LogP contribution < -0.4 is 10.6 Å². The Kier molecular flexibility index (Phi) is 5.38. The van der Waals surface area contributed by atoms with Gasteiger partial charge in [-0.2, -0.15) is 0 Å². The van der Waals surface area contributed by atoms with Gasteiger partial charge in [0.15, 0.2) is 0 Å². The van der Waals surface area contributed by atoms with Gasteiger partial charge in [0.25, 0.3) is 0 Å². The molecule has 2 unspecified atom stereocenters. The average Bonchev–Trinajstić information content (AvgIpc) is 2.38. The van der Waals surface area contributed by atoms with E-state index in [1.807, 2.05) is 30.3 Å². The van der Waals surface area contributed by atoms with Gasteiger partial charge in [-0.15, -0.1) is 0 Å². The van der Waals surface area contributed by atoms with Crippen LogP contribution in [0.1, 0.15) is 13.8 Å². The predicted octanol–water partition coefficient (Wildman–Crippen LogP) is 1.92. The van der Waals surface area contributed by atoms with E-state index in [0.717, 1.165) is 25.3 Å². The summed E-state index contributed by atoms with van der Waals surface area (Å²) in [7, 11) is 0. The third-order valence-corrected chi connectivity index (χ3v) is 3.24. The number of hydrogen-bond donors (Lipinski definition) is 2. The number of urea groups is 1. The maximum atomic E-state index is 11.7. The highest BCUT2D eigenvalue weighted by molar-refractivity contribution is 5.89. The molecule has 2 N–H and O–H groups in total. The minimum Gasteiger partial charge on any atom is -0.373 e. The molecule has 2 rings (SSSR count). The van der Waals surface area contributed by atoms with Crippen molar-refractivity contribution in [2.45, 2.75) is 26.1 Å². The largest absolute Gasteiger partial charge is 0.373 e. The first-order chi connectivity index (χ1) is 9.63. The number of benzene rings is 1. The first-order valence-electron chi connectivity index (χ1n) is 7.11. The van der Waals surface area contributed by atoms with E-state index >= 15 is 0 Å². The highest BCUT2D eigenvalue weighted by Crippen LogP contribution is 2.09. The van der Waals surface area contributed by atoms with Gasteiger partial charge in [-0.05, 0) is 26.0 Å². The van der Waals surface area contributed by atoms with E-state index in [1.165, 1.54) is 0 Å². The van der Waals surface area contributed by atoms with Crippen molar-refractivity contribution in [2.24, 2.45) is 0 Å². The van der Waals surface area contributed by atoms with Crippen LogP contribution in [-0.2, 0) is 4.74 Å². The minimum atomic E-state index is -0.162. The summed E-state index contributed by atoms with van der Waals surface area (Å²) in [6.45, 7) is 7.49. The summed E-state index contributed by atoms with van der Waals surface area (Å²) in [6.07, 6.45) is 0.522. The topological polar surface area (TPSA) is 53.6 Å². The van der Waals surface area contributed by atoms with Gasteiger partial charge in [0.05, 0.1) is 12.2 Å². The van der Waals surface area contributed by atoms with Crippen LogP contribution in [0.3, 0.4) is 0 Å². The molecule has 1 saturated heterocycles. The lowest BCUT2D eigenvalue weighted by Crippen LogP contribution is -2.48. The highest BCUT2D eigenvalue weighted by atomic mass is 16.5. The third-order valence-electron chi connectivity index (χ3n) is 3.24. The molecule has 0 saturated carbocycles. The molecule has 1 aromatic carbocycles. The second-order valence-electron chi connectivity index (χ2n) is 5.26. The number of nitrogens with zero attached hydrogens (tertiary/aromatic N) is 1. The summed E-state index contributed by atoms with van der Waals surface area (Å²) in [6, 6.07) is 9.28. The molecule has 1 heterocycles. The molecule has 0 aliphatic carbocycles. The van der Waals surface area contributed by atoms with E-state index in [0.29, 0.717) is 6.54 Å². The molecule has 0 aromatic heterocycles. The minimum absolute atomic E-state index is 0.162. The Labute approximate surface area is 120 Å². The Morgan fingerprint density at radius 3 is 2.55 bits per heavy atom. The van der Waals surface area contributed by atoms with Crippen molar-refractivity contribution < 1.29 is 9.53 Å². The van der Waals surface area contributed by atoms with Crippen LogP contribution in [0.4, 0.5) is 10.5 Å². The first kappa shape index (κ1) is 14.8. The van der Waals surface area contributed by atoms with Crippen LogP contribution in [0.15, 0.2) is 30.3 Å². The average molecular weight is 277 g/mol. The molecule has 1 aliphatic heterocycles. The fraction of sp³-hybridized carbons (Fsp3) is 0.533. The van der Waals surface area contributed by atoms with Crippen molar-refractivity contribution >= 4 is 11.7 Å². The van der Waals surface area contributed by atoms with Crippen molar-refractivity contribution in [2.75, 3.05) is 31.5 Å². The standard InChI is InChI=1S/C15H23N3O2/c1-12-10-18(11-13(2)20-12)9-8-16-15(19)17-14-6-4-3-5-7-14/h3-7,12-13H,8-11H2,1-2H3,(H2,16,17,19). The summed E-state index contributed by atoms with van der Waals surface area (Å²) in [5.41, 5.74) is 0.804. The maximum absolute atomic E-state index is 11.7. The molecule has 1 aliphatic rings. The molecular formula is C15H23N3O2. The van der Waals surface area contributed by atoms with Gasteiger partial charge in [-0.1, -0.05) is 18.2 Å². The molecule has 1 fully saturated rings. The second-order valence-corrected chi connectivity index (χ2v) is 5.26. The van der Waals surface area contributed by atoms with Gasteiger partial charge in [0, 0.05) is 31.9 Å². The molecule has 0 bridgehead atoms. The Hall–Kier alpha value is -1.59. The Morgan fingerprint density at radius 2 is 1.90 bits per heavy atom. The van der Waals surface area contributed by atoms with Crippen molar-refractivity contribution in [3.05, 3.63) is 30.3 Å². The SMILES string of the molecule is CC1CN(CCNC(=O)Nc2ccccc2)CC(C)O1. The molecule has 1 aromatic rings. The number of nitrogens with one attached hydrogen (secondary N) is 2. The fourth-order valence-electron chi connectivity index (χ4n) is 2.49. The maximum Gasteiger partial charge on any atom is 0.319 e. The molecule has 5 heteroatoms. The van der Waals surface area contributed by atoms with E-state index < -0.39 is 0 Å². The zero-order valence-electron chi connectivity index (χ0n) is 12.1. The Balaban J connectivity index is 1.66. The van der Waals surface area contributed by atoms with Crippen molar-refractivity contribution in [3.63, 3.8) is 0 Å². The van der Waals surface area contributed by atoms with Crippen LogP contribution in [-0.4, -0.2) is 49.3 Å². The van der Waals surface area contributed by atoms with Crippen LogP contribution in [0.2, 0.25) is 0 Å². The van der Waals surface area contributed by atoms with Crippen molar-refractivity contribution in [1.29, 1.82) is 0 Å². The number of carbonyl (C=O) groups is 1. The van der Waals surface area contributed by atoms with Gasteiger partial charge in [0.2, 0.25) is 0 Å². The Bertz CT molecular complexity index is 414. The summed E-state index contributed by atoms with van der Waals surface area (Å²) >= 11 is 0. The smallest absolute Gasteiger partial charge is 0.319 e. The molecular weight excluding hydrogens is 254 g/mol. The van der Waals surface area contributed by atoms with E-state index in [1.54, 1.807) is 0 Å². The third kappa shape index (κ3) is 4.83. The van der Waals surface area contributed by atoms with Crippen LogP contribution in [0.5, 0.6) is 0 Å². The molecule has 0 spiro atoms. The van der Waals surface area contributed by atoms with E-state index in [2.05, 4.69) is 29.4 Å². The summed E-state index contributed by atoms with van der Waals surface area (Å²) in [5, 5.41) is 5.68. The zero-order valence-corrected chi connectivity index (χ0v) is 12.1. The number of carbonyl (C=O) groups excluding carboxylic acids is 1. The number of morpholine rings is 1. The van der Waals surface area contributed by atoms with Gasteiger partial charge >= 0.3 is 6.03 Å². The van der Waals surface area contributed by atoms with Gasteiger partial charge in [0.1, 0.15) is 0 Å². The molecule has 20 heavy (non-hydrogen) atoms. The van der Waals surface area contributed by atoms with Crippen LogP contribution >= 0.6 is 0 Å². The monoisotopic (exact) mass is 277 g/mol. The number of para-hydroxylation sites is 1. The highest BCUT2D eigenvalue weighted by Gasteiger charge is 2.21.